The number of rotatable bonds is 3. The summed E-state index contributed by atoms with van der Waals surface area (Å²) in [6, 6.07) is 0. The summed E-state index contributed by atoms with van der Waals surface area (Å²) in [5.74, 6) is 0. The molecule has 0 spiro atoms. The summed E-state index contributed by atoms with van der Waals surface area (Å²) < 4.78 is 5.60. The predicted octanol–water partition coefficient (Wildman–Crippen LogP) is 2.80. The minimum atomic E-state index is -1.27. The summed E-state index contributed by atoms with van der Waals surface area (Å²) in [6.07, 6.45) is 2.12. The first-order valence-corrected chi connectivity index (χ1v) is 7.10. The molecule has 0 aliphatic rings. The van der Waals surface area contributed by atoms with Gasteiger partial charge >= 0.3 is 0 Å². The van der Waals surface area contributed by atoms with Gasteiger partial charge in [-0.1, -0.05) is 11.6 Å². The summed E-state index contributed by atoms with van der Waals surface area (Å²) in [5.41, 5.74) is 1.33. The standard InChI is InChI=1S/C8H18OSi/c1-8(2)6-7-9-10(3,4)5/h6H,7H2,1-5H3. The molecule has 1 nitrogen and oxygen atoms in total. The van der Waals surface area contributed by atoms with E-state index >= 15 is 0 Å². The highest BCUT2D eigenvalue weighted by Crippen LogP contribution is 2.02. The first-order valence-electron chi connectivity index (χ1n) is 3.69. The van der Waals surface area contributed by atoms with Crippen LogP contribution in [0, 0.1) is 0 Å². The molecule has 0 radical (unpaired) electrons. The molecule has 0 unspecified atom stereocenters. The van der Waals surface area contributed by atoms with Crippen molar-refractivity contribution in [1.29, 1.82) is 0 Å². The van der Waals surface area contributed by atoms with Crippen molar-refractivity contribution in [3.05, 3.63) is 11.6 Å². The van der Waals surface area contributed by atoms with Gasteiger partial charge < -0.3 is 4.43 Å². The van der Waals surface area contributed by atoms with E-state index in [0.29, 0.717) is 0 Å². The van der Waals surface area contributed by atoms with Crippen molar-refractivity contribution in [2.75, 3.05) is 6.61 Å². The number of hydrogen-bond donors (Lipinski definition) is 0. The van der Waals surface area contributed by atoms with Crippen LogP contribution in [-0.2, 0) is 4.43 Å². The minimum absolute atomic E-state index is 0.790. The van der Waals surface area contributed by atoms with Gasteiger partial charge in [-0.3, -0.25) is 0 Å². The fourth-order valence-electron chi connectivity index (χ4n) is 0.458. The Balaban J connectivity index is 3.47. The third kappa shape index (κ3) is 7.92. The monoisotopic (exact) mass is 158 g/mol. The molecule has 60 valence electrons. The van der Waals surface area contributed by atoms with Gasteiger partial charge in [0, 0.05) is 0 Å². The second kappa shape index (κ2) is 3.94. The lowest BCUT2D eigenvalue weighted by Gasteiger charge is -2.15. The van der Waals surface area contributed by atoms with Gasteiger partial charge in [0.05, 0.1) is 6.61 Å². The van der Waals surface area contributed by atoms with E-state index in [9.17, 15) is 0 Å². The molecule has 0 saturated heterocycles. The summed E-state index contributed by atoms with van der Waals surface area (Å²) >= 11 is 0. The van der Waals surface area contributed by atoms with Crippen molar-refractivity contribution in [2.45, 2.75) is 33.5 Å². The van der Waals surface area contributed by atoms with E-state index in [-0.39, 0.29) is 0 Å². The number of allylic oxidation sites excluding steroid dienone is 1. The highest BCUT2D eigenvalue weighted by molar-refractivity contribution is 6.69. The lowest BCUT2D eigenvalue weighted by molar-refractivity contribution is 0.356. The zero-order valence-electron chi connectivity index (χ0n) is 7.69. The topological polar surface area (TPSA) is 9.23 Å². The molecule has 0 aromatic carbocycles. The summed E-state index contributed by atoms with van der Waals surface area (Å²) in [5, 5.41) is 0. The molecule has 0 aromatic rings. The van der Waals surface area contributed by atoms with E-state index in [2.05, 4.69) is 39.6 Å². The molecule has 0 aliphatic carbocycles. The van der Waals surface area contributed by atoms with Crippen molar-refractivity contribution in [2.24, 2.45) is 0 Å². The van der Waals surface area contributed by atoms with Crippen LogP contribution >= 0.6 is 0 Å². The second-order valence-electron chi connectivity index (χ2n) is 3.70. The summed E-state index contributed by atoms with van der Waals surface area (Å²) in [7, 11) is -1.27. The van der Waals surface area contributed by atoms with Gasteiger partial charge in [0.25, 0.3) is 0 Å². The SMILES string of the molecule is CC(C)=CCO[Si](C)(C)C. The molecule has 0 atom stereocenters. The maximum absolute atomic E-state index is 5.60. The molecule has 0 bridgehead atoms. The van der Waals surface area contributed by atoms with E-state index in [4.69, 9.17) is 4.43 Å². The van der Waals surface area contributed by atoms with Crippen LogP contribution in [0.3, 0.4) is 0 Å². The first-order chi connectivity index (χ1) is 4.42. The van der Waals surface area contributed by atoms with Crippen LogP contribution in [0.1, 0.15) is 13.8 Å². The molecule has 0 fully saturated rings. The van der Waals surface area contributed by atoms with Gasteiger partial charge in [-0.15, -0.1) is 0 Å². The Kier molecular flexibility index (Phi) is 3.90. The smallest absolute Gasteiger partial charge is 0.184 e. The average molecular weight is 158 g/mol. The molecule has 0 aromatic heterocycles. The molecule has 0 saturated carbocycles. The van der Waals surface area contributed by atoms with Gasteiger partial charge in [-0.2, -0.15) is 0 Å². The van der Waals surface area contributed by atoms with Crippen LogP contribution in [0.2, 0.25) is 19.6 Å². The molecular formula is C8H18OSi. The second-order valence-corrected chi connectivity index (χ2v) is 8.22. The predicted molar refractivity (Wildman–Crippen MR) is 48.7 cm³/mol. The van der Waals surface area contributed by atoms with Gasteiger partial charge in [0.2, 0.25) is 0 Å². The van der Waals surface area contributed by atoms with E-state index < -0.39 is 8.32 Å². The normalized spacial score (nSPS) is 11.3. The summed E-state index contributed by atoms with van der Waals surface area (Å²) in [6.45, 7) is 11.6. The van der Waals surface area contributed by atoms with Crippen molar-refractivity contribution >= 4 is 8.32 Å². The fourth-order valence-corrected chi connectivity index (χ4v) is 1.04. The maximum Gasteiger partial charge on any atom is 0.184 e. The van der Waals surface area contributed by atoms with E-state index in [1.807, 2.05) is 0 Å². The number of hydrogen-bond acceptors (Lipinski definition) is 1. The Morgan fingerprint density at radius 2 is 1.80 bits per heavy atom. The van der Waals surface area contributed by atoms with Gasteiger partial charge in [-0.05, 0) is 33.5 Å². The molecule has 2 heteroatoms. The summed E-state index contributed by atoms with van der Waals surface area (Å²) in [4.78, 5) is 0. The zero-order chi connectivity index (χ0) is 8.20. The van der Waals surface area contributed by atoms with Crippen LogP contribution in [-0.4, -0.2) is 14.9 Å². The van der Waals surface area contributed by atoms with Crippen LogP contribution in [0.5, 0.6) is 0 Å². The van der Waals surface area contributed by atoms with Crippen molar-refractivity contribution in [1.82, 2.24) is 0 Å². The Hall–Kier alpha value is -0.0831. The average Bonchev–Trinajstić information content (AvgIpc) is 1.59. The molecule has 0 rings (SSSR count). The Labute approximate surface area is 65.2 Å². The molecular weight excluding hydrogens is 140 g/mol. The largest absolute Gasteiger partial charge is 0.414 e. The Bertz CT molecular complexity index is 118. The molecule has 0 heterocycles. The van der Waals surface area contributed by atoms with Crippen molar-refractivity contribution in [3.8, 4) is 0 Å². The minimum Gasteiger partial charge on any atom is -0.414 e. The van der Waals surface area contributed by atoms with Crippen LogP contribution in [0.15, 0.2) is 11.6 Å². The molecule has 0 aliphatic heterocycles. The first kappa shape index (κ1) is 9.92. The van der Waals surface area contributed by atoms with Crippen molar-refractivity contribution in [3.63, 3.8) is 0 Å². The highest BCUT2D eigenvalue weighted by atomic mass is 28.4. The third-order valence-electron chi connectivity index (χ3n) is 1.01. The fraction of sp³-hybridized carbons (Fsp3) is 0.750. The van der Waals surface area contributed by atoms with Crippen LogP contribution in [0.4, 0.5) is 0 Å². The van der Waals surface area contributed by atoms with Gasteiger partial charge in [-0.25, -0.2) is 0 Å². The molecule has 0 amide bonds. The lowest BCUT2D eigenvalue weighted by Crippen LogP contribution is -2.25. The quantitative estimate of drug-likeness (QED) is 0.453. The highest BCUT2D eigenvalue weighted by Gasteiger charge is 2.12. The van der Waals surface area contributed by atoms with Gasteiger partial charge in [0.15, 0.2) is 8.32 Å². The van der Waals surface area contributed by atoms with Crippen molar-refractivity contribution < 1.29 is 4.43 Å². The van der Waals surface area contributed by atoms with Crippen LogP contribution in [0.25, 0.3) is 0 Å². The Morgan fingerprint density at radius 1 is 1.30 bits per heavy atom. The van der Waals surface area contributed by atoms with E-state index in [1.165, 1.54) is 5.57 Å². The zero-order valence-corrected chi connectivity index (χ0v) is 8.69. The maximum atomic E-state index is 5.60. The third-order valence-corrected chi connectivity index (χ3v) is 2.04. The molecule has 0 N–H and O–H groups in total. The van der Waals surface area contributed by atoms with E-state index in [0.717, 1.165) is 6.61 Å². The van der Waals surface area contributed by atoms with Crippen LogP contribution < -0.4 is 0 Å². The van der Waals surface area contributed by atoms with Gasteiger partial charge in [0.1, 0.15) is 0 Å². The lowest BCUT2D eigenvalue weighted by atomic mass is 10.3. The molecule has 10 heavy (non-hydrogen) atoms. The van der Waals surface area contributed by atoms with E-state index in [1.54, 1.807) is 0 Å². The Morgan fingerprint density at radius 3 is 2.10 bits per heavy atom.